The van der Waals surface area contributed by atoms with Gasteiger partial charge in [0.25, 0.3) is 0 Å². The molecule has 0 bridgehead atoms. The molecule has 1 aromatic rings. The SMILES string of the molecule is Nc1ccc(CNCC(C2CC2)C2CC2)cc1Cl. The van der Waals surface area contributed by atoms with Crippen molar-refractivity contribution in [2.24, 2.45) is 17.8 Å². The minimum absolute atomic E-state index is 0.661. The Bertz CT molecular complexity index is 413. The number of rotatable bonds is 6. The fourth-order valence-electron chi connectivity index (χ4n) is 2.83. The van der Waals surface area contributed by atoms with Crippen LogP contribution in [0.25, 0.3) is 0 Å². The number of anilines is 1. The molecule has 0 aromatic heterocycles. The largest absolute Gasteiger partial charge is 0.398 e. The Hall–Kier alpha value is -0.730. The summed E-state index contributed by atoms with van der Waals surface area (Å²) in [6.45, 7) is 2.06. The van der Waals surface area contributed by atoms with Crippen LogP contribution in [0.15, 0.2) is 18.2 Å². The van der Waals surface area contributed by atoms with Crippen molar-refractivity contribution in [1.82, 2.24) is 5.32 Å². The summed E-state index contributed by atoms with van der Waals surface area (Å²) >= 11 is 6.02. The highest BCUT2D eigenvalue weighted by Crippen LogP contribution is 2.48. The van der Waals surface area contributed by atoms with E-state index in [1.165, 1.54) is 31.2 Å². The third-order valence-corrected chi connectivity index (χ3v) is 4.56. The summed E-state index contributed by atoms with van der Waals surface area (Å²) in [5.74, 6) is 2.95. The third-order valence-electron chi connectivity index (χ3n) is 4.23. The van der Waals surface area contributed by atoms with E-state index in [2.05, 4.69) is 11.4 Å². The topological polar surface area (TPSA) is 38.0 Å². The average molecular weight is 265 g/mol. The van der Waals surface area contributed by atoms with E-state index >= 15 is 0 Å². The molecule has 3 heteroatoms. The number of nitrogens with one attached hydrogen (secondary N) is 1. The smallest absolute Gasteiger partial charge is 0.0638 e. The molecular formula is C15H21ClN2. The van der Waals surface area contributed by atoms with Crippen LogP contribution in [0.5, 0.6) is 0 Å². The summed E-state index contributed by atoms with van der Waals surface area (Å²) in [5.41, 5.74) is 7.59. The monoisotopic (exact) mass is 264 g/mol. The number of hydrogen-bond acceptors (Lipinski definition) is 2. The van der Waals surface area contributed by atoms with Gasteiger partial charge in [-0.2, -0.15) is 0 Å². The Morgan fingerprint density at radius 3 is 2.44 bits per heavy atom. The van der Waals surface area contributed by atoms with E-state index in [0.717, 1.165) is 30.8 Å². The minimum atomic E-state index is 0.661. The highest BCUT2D eigenvalue weighted by Gasteiger charge is 2.40. The first-order valence-corrected chi connectivity index (χ1v) is 7.36. The maximum atomic E-state index is 6.02. The minimum Gasteiger partial charge on any atom is -0.398 e. The van der Waals surface area contributed by atoms with Gasteiger partial charge in [0.05, 0.1) is 10.7 Å². The Kier molecular flexibility index (Phi) is 3.49. The second kappa shape index (κ2) is 5.10. The molecule has 98 valence electrons. The number of benzene rings is 1. The highest BCUT2D eigenvalue weighted by molar-refractivity contribution is 6.33. The molecule has 2 aliphatic carbocycles. The van der Waals surface area contributed by atoms with Crippen LogP contribution in [-0.2, 0) is 6.54 Å². The Morgan fingerprint density at radius 2 is 1.89 bits per heavy atom. The predicted molar refractivity (Wildman–Crippen MR) is 76.5 cm³/mol. The van der Waals surface area contributed by atoms with Crippen molar-refractivity contribution in [3.05, 3.63) is 28.8 Å². The molecule has 18 heavy (non-hydrogen) atoms. The molecule has 2 saturated carbocycles. The maximum Gasteiger partial charge on any atom is 0.0638 e. The molecule has 1 aromatic carbocycles. The summed E-state index contributed by atoms with van der Waals surface area (Å²) in [4.78, 5) is 0. The van der Waals surface area contributed by atoms with Crippen LogP contribution < -0.4 is 11.1 Å². The van der Waals surface area contributed by atoms with E-state index in [1.807, 2.05) is 12.1 Å². The van der Waals surface area contributed by atoms with Crippen molar-refractivity contribution >= 4 is 17.3 Å². The molecule has 0 spiro atoms. The van der Waals surface area contributed by atoms with Gasteiger partial charge < -0.3 is 11.1 Å². The molecule has 0 saturated heterocycles. The van der Waals surface area contributed by atoms with E-state index in [4.69, 9.17) is 17.3 Å². The fraction of sp³-hybridized carbons (Fsp3) is 0.600. The number of halogens is 1. The van der Waals surface area contributed by atoms with Crippen molar-refractivity contribution in [3.63, 3.8) is 0 Å². The van der Waals surface area contributed by atoms with Gasteiger partial charge in [0.2, 0.25) is 0 Å². The summed E-state index contributed by atoms with van der Waals surface area (Å²) < 4.78 is 0. The van der Waals surface area contributed by atoms with Crippen molar-refractivity contribution in [2.45, 2.75) is 32.2 Å². The maximum absolute atomic E-state index is 6.02. The zero-order chi connectivity index (χ0) is 12.5. The van der Waals surface area contributed by atoms with Crippen LogP contribution in [-0.4, -0.2) is 6.54 Å². The summed E-state index contributed by atoms with van der Waals surface area (Å²) in [6, 6.07) is 5.91. The Morgan fingerprint density at radius 1 is 1.22 bits per heavy atom. The number of hydrogen-bond donors (Lipinski definition) is 2. The fourth-order valence-corrected chi connectivity index (χ4v) is 3.03. The van der Waals surface area contributed by atoms with Gasteiger partial charge in [-0.1, -0.05) is 17.7 Å². The zero-order valence-electron chi connectivity index (χ0n) is 10.7. The predicted octanol–water partition coefficient (Wildman–Crippen LogP) is 3.45. The standard InChI is InChI=1S/C15H21ClN2/c16-14-7-10(1-6-15(14)17)8-18-9-13(11-2-3-11)12-4-5-12/h1,6-7,11-13,18H,2-5,8-9,17H2. The van der Waals surface area contributed by atoms with E-state index in [0.29, 0.717) is 10.7 Å². The van der Waals surface area contributed by atoms with Gasteiger partial charge in [-0.05, 0) is 67.7 Å². The van der Waals surface area contributed by atoms with E-state index < -0.39 is 0 Å². The lowest BCUT2D eigenvalue weighted by Gasteiger charge is -2.16. The van der Waals surface area contributed by atoms with Crippen LogP contribution >= 0.6 is 11.6 Å². The summed E-state index contributed by atoms with van der Waals surface area (Å²) in [6.07, 6.45) is 5.82. The van der Waals surface area contributed by atoms with Crippen LogP contribution in [0.3, 0.4) is 0 Å². The second-order valence-electron chi connectivity index (χ2n) is 5.83. The van der Waals surface area contributed by atoms with Crippen LogP contribution in [0.1, 0.15) is 31.2 Å². The van der Waals surface area contributed by atoms with Crippen LogP contribution in [0, 0.1) is 17.8 Å². The molecule has 0 radical (unpaired) electrons. The van der Waals surface area contributed by atoms with Gasteiger partial charge in [0, 0.05) is 6.54 Å². The number of nitrogen functional groups attached to an aromatic ring is 1. The van der Waals surface area contributed by atoms with Gasteiger partial charge in [-0.15, -0.1) is 0 Å². The van der Waals surface area contributed by atoms with Gasteiger partial charge in [-0.3, -0.25) is 0 Å². The first-order chi connectivity index (χ1) is 8.74. The molecule has 2 nitrogen and oxygen atoms in total. The van der Waals surface area contributed by atoms with Crippen molar-refractivity contribution < 1.29 is 0 Å². The average Bonchev–Trinajstić information content (AvgIpc) is 3.22. The lowest BCUT2D eigenvalue weighted by atomic mass is 9.98. The second-order valence-corrected chi connectivity index (χ2v) is 6.23. The normalized spacial score (nSPS) is 19.4. The van der Waals surface area contributed by atoms with Crippen molar-refractivity contribution in [2.75, 3.05) is 12.3 Å². The Balaban J connectivity index is 1.49. The molecular weight excluding hydrogens is 244 g/mol. The molecule has 2 fully saturated rings. The quantitative estimate of drug-likeness (QED) is 0.773. The van der Waals surface area contributed by atoms with E-state index in [1.54, 1.807) is 0 Å². The molecule has 0 heterocycles. The third kappa shape index (κ3) is 2.99. The first kappa shape index (κ1) is 12.3. The summed E-state index contributed by atoms with van der Waals surface area (Å²) in [5, 5.41) is 4.25. The zero-order valence-corrected chi connectivity index (χ0v) is 11.4. The molecule has 0 amide bonds. The van der Waals surface area contributed by atoms with Crippen molar-refractivity contribution in [3.8, 4) is 0 Å². The van der Waals surface area contributed by atoms with Gasteiger partial charge in [0.15, 0.2) is 0 Å². The van der Waals surface area contributed by atoms with E-state index in [-0.39, 0.29) is 0 Å². The van der Waals surface area contributed by atoms with Gasteiger partial charge >= 0.3 is 0 Å². The lowest BCUT2D eigenvalue weighted by Crippen LogP contribution is -2.25. The van der Waals surface area contributed by atoms with Crippen LogP contribution in [0.4, 0.5) is 5.69 Å². The molecule has 3 rings (SSSR count). The lowest BCUT2D eigenvalue weighted by molar-refractivity contribution is 0.378. The van der Waals surface area contributed by atoms with Gasteiger partial charge in [0.1, 0.15) is 0 Å². The van der Waals surface area contributed by atoms with E-state index in [9.17, 15) is 0 Å². The van der Waals surface area contributed by atoms with Gasteiger partial charge in [-0.25, -0.2) is 0 Å². The molecule has 0 aliphatic heterocycles. The van der Waals surface area contributed by atoms with Crippen LogP contribution in [0.2, 0.25) is 5.02 Å². The van der Waals surface area contributed by atoms with Crippen molar-refractivity contribution in [1.29, 1.82) is 0 Å². The number of nitrogens with two attached hydrogens (primary N) is 1. The Labute approximate surface area is 114 Å². The molecule has 3 N–H and O–H groups in total. The molecule has 0 atom stereocenters. The molecule has 0 unspecified atom stereocenters. The molecule has 2 aliphatic rings. The highest BCUT2D eigenvalue weighted by atomic mass is 35.5. The summed E-state index contributed by atoms with van der Waals surface area (Å²) in [7, 11) is 0. The first-order valence-electron chi connectivity index (χ1n) is 6.98.